The number of hydrogen-bond donors (Lipinski definition) is 0. The molecule has 10 aromatic carbocycles. The molecule has 0 saturated heterocycles. The van der Waals surface area contributed by atoms with Gasteiger partial charge in [-0.2, -0.15) is 0 Å². The van der Waals surface area contributed by atoms with E-state index in [1.165, 1.54) is 5.39 Å². The zero-order chi connectivity index (χ0) is 45.9. The second-order valence-corrected chi connectivity index (χ2v) is 18.0. The maximum atomic E-state index is 7.39. The van der Waals surface area contributed by atoms with Gasteiger partial charge in [0, 0.05) is 60.3 Å². The molecule has 0 atom stereocenters. The molecule has 5 aromatic heterocycles. The van der Waals surface area contributed by atoms with Gasteiger partial charge in [0.25, 0.3) is 0 Å². The van der Waals surface area contributed by atoms with Gasteiger partial charge in [-0.3, -0.25) is 0 Å². The summed E-state index contributed by atoms with van der Waals surface area (Å²) in [6, 6.07) is 81.4. The summed E-state index contributed by atoms with van der Waals surface area (Å²) in [4.78, 5) is 10.6. The van der Waals surface area contributed by atoms with Crippen LogP contribution in [0.15, 0.2) is 239 Å². The summed E-state index contributed by atoms with van der Waals surface area (Å²) < 4.78 is 18.9. The summed E-state index contributed by atoms with van der Waals surface area (Å²) in [6.07, 6.45) is 0. The molecule has 326 valence electrons. The molecule has 6 heteroatoms. The van der Waals surface area contributed by atoms with Gasteiger partial charge in [-0.15, -0.1) is 0 Å². The Hall–Kier alpha value is -9.52. The Balaban J connectivity index is 1.07. The smallest absolute Gasteiger partial charge is 0.180 e. The Labute approximate surface area is 400 Å². The molecule has 0 unspecified atom stereocenters. The predicted octanol–water partition coefficient (Wildman–Crippen LogP) is 17.1. The molecular weight excluding hydrogens is 857 g/mol. The summed E-state index contributed by atoms with van der Waals surface area (Å²) in [5, 5.41) is 7.63. The Kier molecular flexibility index (Phi) is 8.26. The molecule has 0 aliphatic carbocycles. The van der Waals surface area contributed by atoms with E-state index in [9.17, 15) is 0 Å². The highest BCUT2D eigenvalue weighted by molar-refractivity contribution is 6.28. The highest BCUT2D eigenvalue weighted by Crippen LogP contribution is 2.48. The number of hydrogen-bond acceptors (Lipinski definition) is 4. The van der Waals surface area contributed by atoms with Crippen LogP contribution >= 0.6 is 0 Å². The monoisotopic (exact) mass is 894 g/mol. The molecule has 0 N–H and O–H groups in total. The highest BCUT2D eigenvalue weighted by Gasteiger charge is 2.27. The summed E-state index contributed by atoms with van der Waals surface area (Å²) in [7, 11) is 0. The average Bonchev–Trinajstić information content (AvgIpc) is 4.19. The first kappa shape index (κ1) is 38.6. The van der Waals surface area contributed by atoms with Crippen molar-refractivity contribution in [2.75, 3.05) is 0 Å². The maximum absolute atomic E-state index is 7.39. The zero-order valence-electron chi connectivity index (χ0n) is 37.5. The summed E-state index contributed by atoms with van der Waals surface area (Å²) in [5.74, 6) is 0.639. The van der Waals surface area contributed by atoms with Gasteiger partial charge in [-0.25, -0.2) is 9.97 Å². The van der Waals surface area contributed by atoms with Crippen LogP contribution in [0.5, 0.6) is 0 Å². The molecule has 0 amide bonds. The first-order valence-corrected chi connectivity index (χ1v) is 23.7. The van der Waals surface area contributed by atoms with Crippen LogP contribution in [-0.4, -0.2) is 19.1 Å². The number of para-hydroxylation sites is 4. The molecule has 0 aliphatic heterocycles. The van der Waals surface area contributed by atoms with Crippen molar-refractivity contribution in [1.29, 1.82) is 0 Å². The molecule has 0 aliphatic rings. The van der Waals surface area contributed by atoms with E-state index in [2.05, 4.69) is 203 Å². The van der Waals surface area contributed by atoms with Gasteiger partial charge in [0.15, 0.2) is 17.0 Å². The van der Waals surface area contributed by atoms with Gasteiger partial charge in [0.1, 0.15) is 22.4 Å². The van der Waals surface area contributed by atoms with E-state index in [1.807, 2.05) is 36.4 Å². The number of rotatable bonds is 6. The van der Waals surface area contributed by atoms with Crippen molar-refractivity contribution in [3.05, 3.63) is 231 Å². The van der Waals surface area contributed by atoms with Crippen LogP contribution in [0.3, 0.4) is 0 Å². The van der Waals surface area contributed by atoms with Crippen molar-refractivity contribution in [2.24, 2.45) is 0 Å². The third-order valence-electron chi connectivity index (χ3n) is 14.1. The Morgan fingerprint density at radius 3 is 1.59 bits per heavy atom. The van der Waals surface area contributed by atoms with E-state index in [1.54, 1.807) is 0 Å². The lowest BCUT2D eigenvalue weighted by Crippen LogP contribution is -2.02. The van der Waals surface area contributed by atoms with E-state index in [0.717, 1.165) is 127 Å². The van der Waals surface area contributed by atoms with E-state index >= 15 is 0 Å². The SMILES string of the molecule is c1ccc(-c2nc(-c3cc(-c4ccccc4)c(-n4c5ccccc5c5c6oc7c(ccc8c9ccccc9n(-c9ccccc9)c87)c6ccc54)c(-c4ccccc4)c3)c3oc4ccccc4c3n2)cc1. The average molecular weight is 895 g/mol. The minimum Gasteiger partial charge on any atom is -0.453 e. The van der Waals surface area contributed by atoms with Gasteiger partial charge >= 0.3 is 0 Å². The van der Waals surface area contributed by atoms with E-state index in [0.29, 0.717) is 11.4 Å². The fraction of sp³-hybridized carbons (Fsp3) is 0. The van der Waals surface area contributed by atoms with E-state index < -0.39 is 0 Å². The molecule has 0 radical (unpaired) electrons. The van der Waals surface area contributed by atoms with Crippen molar-refractivity contribution in [2.45, 2.75) is 0 Å². The second-order valence-electron chi connectivity index (χ2n) is 18.0. The van der Waals surface area contributed by atoms with Crippen molar-refractivity contribution in [3.8, 4) is 56.3 Å². The number of aromatic nitrogens is 4. The molecule has 15 rings (SSSR count). The third kappa shape index (κ3) is 5.62. The molecule has 0 spiro atoms. The van der Waals surface area contributed by atoms with Crippen LogP contribution in [0, 0.1) is 0 Å². The Morgan fingerprint density at radius 2 is 0.886 bits per heavy atom. The lowest BCUT2D eigenvalue weighted by atomic mass is 9.91. The largest absolute Gasteiger partial charge is 0.453 e. The van der Waals surface area contributed by atoms with Crippen molar-refractivity contribution < 1.29 is 8.83 Å². The number of benzene rings is 10. The molecule has 0 saturated carbocycles. The lowest BCUT2D eigenvalue weighted by Gasteiger charge is -2.21. The normalized spacial score (nSPS) is 12.0. The third-order valence-corrected chi connectivity index (χ3v) is 14.1. The minimum atomic E-state index is 0.639. The quantitative estimate of drug-likeness (QED) is 0.167. The fourth-order valence-corrected chi connectivity index (χ4v) is 11.1. The van der Waals surface area contributed by atoms with Crippen molar-refractivity contribution in [3.63, 3.8) is 0 Å². The maximum Gasteiger partial charge on any atom is 0.180 e. The fourth-order valence-electron chi connectivity index (χ4n) is 11.1. The van der Waals surface area contributed by atoms with Crippen molar-refractivity contribution >= 4 is 87.6 Å². The Bertz CT molecular complexity index is 4510. The molecule has 6 nitrogen and oxygen atoms in total. The second kappa shape index (κ2) is 15.0. The van der Waals surface area contributed by atoms with E-state index in [4.69, 9.17) is 18.8 Å². The lowest BCUT2D eigenvalue weighted by molar-refractivity contribution is 0.667. The number of furan rings is 2. The topological polar surface area (TPSA) is 61.9 Å². The Morgan fingerprint density at radius 1 is 0.343 bits per heavy atom. The van der Waals surface area contributed by atoms with Gasteiger partial charge in [0.2, 0.25) is 0 Å². The van der Waals surface area contributed by atoms with Gasteiger partial charge < -0.3 is 18.0 Å². The molecule has 70 heavy (non-hydrogen) atoms. The van der Waals surface area contributed by atoms with Gasteiger partial charge in [0.05, 0.1) is 33.1 Å². The van der Waals surface area contributed by atoms with Crippen LogP contribution in [0.1, 0.15) is 0 Å². The summed E-state index contributed by atoms with van der Waals surface area (Å²) >= 11 is 0. The standard InChI is InChI=1S/C64H38N4O2/c1-5-19-39(20-6-1)50-37-42(57-63-58(49-29-15-18-32-55(49)69-63)66-64(65-57)41-23-9-3-10-24-41)38-51(40-21-7-2-8-22-40)59(50)68-53-31-17-14-28-48(53)56-54(68)36-35-46-47-34-33-45-44-27-13-16-30-52(44)67(43-25-11-4-12-26-43)60(45)62(47)70-61(46)56/h1-38H. The van der Waals surface area contributed by atoms with Gasteiger partial charge in [-0.1, -0.05) is 164 Å². The van der Waals surface area contributed by atoms with E-state index in [-0.39, 0.29) is 0 Å². The first-order chi connectivity index (χ1) is 34.7. The zero-order valence-corrected chi connectivity index (χ0v) is 37.5. The molecule has 0 bridgehead atoms. The summed E-state index contributed by atoms with van der Waals surface area (Å²) in [6.45, 7) is 0. The van der Waals surface area contributed by atoms with Crippen LogP contribution in [0.25, 0.3) is 144 Å². The molecular formula is C64H38N4O2. The van der Waals surface area contributed by atoms with Crippen LogP contribution in [0.4, 0.5) is 0 Å². The van der Waals surface area contributed by atoms with Crippen LogP contribution in [-0.2, 0) is 0 Å². The van der Waals surface area contributed by atoms with Crippen LogP contribution in [0.2, 0.25) is 0 Å². The summed E-state index contributed by atoms with van der Waals surface area (Å²) in [5.41, 5.74) is 17.2. The molecule has 15 aromatic rings. The molecule has 0 fully saturated rings. The first-order valence-electron chi connectivity index (χ1n) is 23.7. The number of fused-ring (bicyclic) bond motifs is 14. The van der Waals surface area contributed by atoms with Gasteiger partial charge in [-0.05, 0) is 77.9 Å². The predicted molar refractivity (Wildman–Crippen MR) is 287 cm³/mol. The molecule has 5 heterocycles. The minimum absolute atomic E-state index is 0.639. The number of nitrogens with zero attached hydrogens (tertiary/aromatic N) is 4. The van der Waals surface area contributed by atoms with Crippen molar-refractivity contribution in [1.82, 2.24) is 19.1 Å². The highest BCUT2D eigenvalue weighted by atomic mass is 16.3. The van der Waals surface area contributed by atoms with Crippen LogP contribution < -0.4 is 0 Å².